The summed E-state index contributed by atoms with van der Waals surface area (Å²) < 4.78 is 6.84. The fourth-order valence-electron chi connectivity index (χ4n) is 3.37. The molecule has 23 heavy (non-hydrogen) atoms. The van der Waals surface area contributed by atoms with Crippen LogP contribution in [0.25, 0.3) is 0 Å². The van der Waals surface area contributed by atoms with E-state index in [4.69, 9.17) is 4.43 Å². The van der Waals surface area contributed by atoms with E-state index in [0.29, 0.717) is 5.92 Å². The summed E-state index contributed by atoms with van der Waals surface area (Å²) in [6.07, 6.45) is 6.96. The number of hydrogen-bond acceptors (Lipinski definition) is 2. The molecule has 0 unspecified atom stereocenters. The van der Waals surface area contributed by atoms with Crippen molar-refractivity contribution < 1.29 is 9.22 Å². The van der Waals surface area contributed by atoms with Gasteiger partial charge in [0.05, 0.1) is 0 Å². The van der Waals surface area contributed by atoms with Crippen LogP contribution in [0.2, 0.25) is 18.1 Å². The molecule has 1 aromatic carbocycles. The highest BCUT2D eigenvalue weighted by molar-refractivity contribution is 6.74. The van der Waals surface area contributed by atoms with E-state index in [2.05, 4.69) is 46.0 Å². The van der Waals surface area contributed by atoms with Crippen LogP contribution in [-0.4, -0.2) is 14.6 Å². The lowest BCUT2D eigenvalue weighted by molar-refractivity contribution is -0.130. The van der Waals surface area contributed by atoms with Crippen LogP contribution in [0, 0.1) is 5.92 Å². The van der Waals surface area contributed by atoms with Gasteiger partial charge in [-0.05, 0) is 42.5 Å². The van der Waals surface area contributed by atoms with Gasteiger partial charge in [0.15, 0.2) is 14.6 Å². The molecule has 0 spiro atoms. The summed E-state index contributed by atoms with van der Waals surface area (Å²) in [4.78, 5) is 12.4. The molecule has 1 aromatic rings. The van der Waals surface area contributed by atoms with Gasteiger partial charge < -0.3 is 4.43 Å². The van der Waals surface area contributed by atoms with E-state index in [-0.39, 0.29) is 5.04 Å². The average Bonchev–Trinajstić information content (AvgIpc) is 2.53. The third-order valence-corrected chi connectivity index (χ3v) is 10.3. The minimum atomic E-state index is -2.06. The highest BCUT2D eigenvalue weighted by Crippen LogP contribution is 2.47. The minimum Gasteiger partial charge on any atom is -0.401 e. The lowest BCUT2D eigenvalue weighted by atomic mass is 9.74. The topological polar surface area (TPSA) is 26.3 Å². The Hall–Kier alpha value is -0.933. The quantitative estimate of drug-likeness (QED) is 0.512. The molecule has 3 heteroatoms. The van der Waals surface area contributed by atoms with Gasteiger partial charge in [-0.25, -0.2) is 0 Å². The Morgan fingerprint density at radius 3 is 2.09 bits per heavy atom. The monoisotopic (exact) mass is 332 g/mol. The van der Waals surface area contributed by atoms with Gasteiger partial charge in [0.2, 0.25) is 0 Å². The SMILES string of the molecule is CC(C)(C)[Si](C)(C)O[C@](C=O)(c1ccccc1)C1CCCCC1. The maximum absolute atomic E-state index is 12.4. The van der Waals surface area contributed by atoms with E-state index in [1.54, 1.807) is 0 Å². The zero-order chi connectivity index (χ0) is 17.1. The Morgan fingerprint density at radius 1 is 1.04 bits per heavy atom. The van der Waals surface area contributed by atoms with Crippen molar-refractivity contribution in [2.75, 3.05) is 0 Å². The van der Waals surface area contributed by atoms with Gasteiger partial charge in [0.1, 0.15) is 5.60 Å². The molecule has 0 saturated heterocycles. The molecule has 1 atom stereocenters. The molecule has 128 valence electrons. The predicted molar refractivity (Wildman–Crippen MR) is 99.0 cm³/mol. The van der Waals surface area contributed by atoms with Crippen LogP contribution in [0.1, 0.15) is 58.4 Å². The van der Waals surface area contributed by atoms with Crippen LogP contribution in [0.15, 0.2) is 30.3 Å². The predicted octanol–water partition coefficient (Wildman–Crippen LogP) is 5.68. The lowest BCUT2D eigenvalue weighted by Crippen LogP contribution is -2.52. The van der Waals surface area contributed by atoms with Gasteiger partial charge >= 0.3 is 0 Å². The van der Waals surface area contributed by atoms with Crippen molar-refractivity contribution in [3.05, 3.63) is 35.9 Å². The molecule has 0 aromatic heterocycles. The largest absolute Gasteiger partial charge is 0.401 e. The van der Waals surface area contributed by atoms with Crippen LogP contribution in [-0.2, 0) is 14.8 Å². The van der Waals surface area contributed by atoms with Crippen molar-refractivity contribution in [3.63, 3.8) is 0 Å². The lowest BCUT2D eigenvalue weighted by Gasteiger charge is -2.47. The van der Waals surface area contributed by atoms with Crippen molar-refractivity contribution in [2.24, 2.45) is 5.92 Å². The summed E-state index contributed by atoms with van der Waals surface area (Å²) in [7, 11) is -2.06. The van der Waals surface area contributed by atoms with Gasteiger partial charge in [-0.1, -0.05) is 70.4 Å². The summed E-state index contributed by atoms with van der Waals surface area (Å²) >= 11 is 0. The molecule has 1 fully saturated rings. The first-order valence-electron chi connectivity index (χ1n) is 8.95. The minimum absolute atomic E-state index is 0.0880. The molecule has 1 aliphatic carbocycles. The van der Waals surface area contributed by atoms with Crippen molar-refractivity contribution >= 4 is 14.6 Å². The van der Waals surface area contributed by atoms with Crippen LogP contribution >= 0.6 is 0 Å². The number of benzene rings is 1. The summed E-state index contributed by atoms with van der Waals surface area (Å²) in [5.41, 5.74) is 0.261. The number of hydrogen-bond donors (Lipinski definition) is 0. The van der Waals surface area contributed by atoms with Crippen molar-refractivity contribution in [1.82, 2.24) is 0 Å². The van der Waals surface area contributed by atoms with E-state index in [1.165, 1.54) is 19.3 Å². The first kappa shape index (κ1) is 18.4. The van der Waals surface area contributed by atoms with Crippen LogP contribution < -0.4 is 0 Å². The summed E-state index contributed by atoms with van der Waals surface area (Å²) in [6.45, 7) is 11.2. The third-order valence-electron chi connectivity index (χ3n) is 5.84. The van der Waals surface area contributed by atoms with Gasteiger partial charge in [0, 0.05) is 0 Å². The normalized spacial score (nSPS) is 20.0. The molecular weight excluding hydrogens is 300 g/mol. The summed E-state index contributed by atoms with van der Waals surface area (Å²) in [5.74, 6) is 0.297. The summed E-state index contributed by atoms with van der Waals surface area (Å²) in [6, 6.07) is 10.2. The maximum atomic E-state index is 12.4. The van der Waals surface area contributed by atoms with E-state index in [0.717, 1.165) is 24.7 Å². The van der Waals surface area contributed by atoms with E-state index >= 15 is 0 Å². The first-order valence-corrected chi connectivity index (χ1v) is 11.9. The molecule has 0 heterocycles. The second-order valence-corrected chi connectivity index (χ2v) is 13.2. The highest BCUT2D eigenvalue weighted by Gasteiger charge is 2.49. The fraction of sp³-hybridized carbons (Fsp3) is 0.650. The molecule has 1 aliphatic rings. The van der Waals surface area contributed by atoms with E-state index in [9.17, 15) is 4.79 Å². The standard InChI is InChI=1S/C20H32O2Si/c1-19(2,3)23(4,5)22-20(16-21,17-12-8-6-9-13-17)18-14-10-7-11-15-18/h6,8-9,12-13,16,18H,7,10-11,14-15H2,1-5H3/t20-/m1/s1. The van der Waals surface area contributed by atoms with Crippen molar-refractivity contribution in [3.8, 4) is 0 Å². The van der Waals surface area contributed by atoms with Crippen LogP contribution in [0.3, 0.4) is 0 Å². The molecule has 0 bridgehead atoms. The Labute approximate surface area is 142 Å². The van der Waals surface area contributed by atoms with E-state index < -0.39 is 13.9 Å². The average molecular weight is 333 g/mol. The van der Waals surface area contributed by atoms with Gasteiger partial charge in [-0.3, -0.25) is 4.79 Å². The maximum Gasteiger partial charge on any atom is 0.193 e. The molecule has 1 saturated carbocycles. The molecule has 2 rings (SSSR count). The number of carbonyl (C=O) groups is 1. The Kier molecular flexibility index (Phi) is 5.52. The van der Waals surface area contributed by atoms with Crippen LogP contribution in [0.5, 0.6) is 0 Å². The van der Waals surface area contributed by atoms with E-state index in [1.807, 2.05) is 18.2 Å². The number of aldehydes is 1. The molecule has 0 amide bonds. The number of rotatable bonds is 5. The Balaban J connectivity index is 2.48. The van der Waals surface area contributed by atoms with Crippen LogP contribution in [0.4, 0.5) is 0 Å². The smallest absolute Gasteiger partial charge is 0.193 e. The molecular formula is C20H32O2Si. The molecule has 0 aliphatic heterocycles. The van der Waals surface area contributed by atoms with Crippen molar-refractivity contribution in [2.45, 2.75) is 76.6 Å². The fourth-order valence-corrected chi connectivity index (χ4v) is 4.85. The Bertz CT molecular complexity index is 512. The van der Waals surface area contributed by atoms with Gasteiger partial charge in [-0.15, -0.1) is 0 Å². The van der Waals surface area contributed by atoms with Gasteiger partial charge in [-0.2, -0.15) is 0 Å². The number of carbonyl (C=O) groups excluding carboxylic acids is 1. The summed E-state index contributed by atoms with van der Waals surface area (Å²) in [5, 5.41) is 0.0880. The first-order chi connectivity index (χ1) is 10.7. The third kappa shape index (κ3) is 3.77. The van der Waals surface area contributed by atoms with Crippen molar-refractivity contribution in [1.29, 1.82) is 0 Å². The van der Waals surface area contributed by atoms with Gasteiger partial charge in [0.25, 0.3) is 0 Å². The molecule has 0 radical (unpaired) electrons. The highest BCUT2D eigenvalue weighted by atomic mass is 28.4. The Morgan fingerprint density at radius 2 is 1.61 bits per heavy atom. The zero-order valence-corrected chi connectivity index (χ0v) is 16.4. The molecule has 0 N–H and O–H groups in total. The second kappa shape index (κ2) is 6.90. The molecule has 2 nitrogen and oxygen atoms in total. The second-order valence-electron chi connectivity index (χ2n) is 8.47. The zero-order valence-electron chi connectivity index (χ0n) is 15.4.